The molecule has 9 heteroatoms. The molecule has 3 aromatic rings. The third-order valence-corrected chi connectivity index (χ3v) is 4.98. The van der Waals surface area contributed by atoms with E-state index in [1.165, 1.54) is 24.0 Å². The molecule has 29 heavy (non-hydrogen) atoms. The van der Waals surface area contributed by atoms with Crippen LogP contribution >= 0.6 is 0 Å². The lowest BCUT2D eigenvalue weighted by Gasteiger charge is -2.25. The molecule has 0 radical (unpaired) electrons. The quantitative estimate of drug-likeness (QED) is 0.392. The first-order valence-corrected chi connectivity index (χ1v) is 8.93. The molecular formula is C20H19FN4O4. The van der Waals surface area contributed by atoms with Crippen molar-refractivity contribution in [3.8, 4) is 11.8 Å². The number of aliphatic hydroxyl groups excluding tert-OH is 2. The number of alkyl halides is 1. The number of anilines is 1. The molecule has 4 atom stereocenters. The topological polar surface area (TPSA) is 113 Å². The largest absolute Gasteiger partial charge is 0.394 e. The summed E-state index contributed by atoms with van der Waals surface area (Å²) in [6, 6.07) is 9.27. The lowest BCUT2D eigenvalue weighted by molar-refractivity contribution is -0.0564. The molecule has 0 amide bonds. The van der Waals surface area contributed by atoms with Crippen LogP contribution in [-0.4, -0.2) is 54.4 Å². The van der Waals surface area contributed by atoms with Gasteiger partial charge in [-0.1, -0.05) is 30.0 Å². The molecule has 1 fully saturated rings. The van der Waals surface area contributed by atoms with Crippen LogP contribution in [0.3, 0.4) is 0 Å². The summed E-state index contributed by atoms with van der Waals surface area (Å²) in [5.74, 6) is 6.10. The Morgan fingerprint density at radius 2 is 2.03 bits per heavy atom. The minimum absolute atomic E-state index is 0.101. The lowest BCUT2D eigenvalue weighted by Crippen LogP contribution is -2.40. The molecule has 0 unspecified atom stereocenters. The highest BCUT2D eigenvalue weighted by atomic mass is 19.1. The van der Waals surface area contributed by atoms with Crippen LogP contribution in [0.15, 0.2) is 42.9 Å². The standard InChI is InChI=1S/C20H19FN4O4/c1-20(21)16(27)14(10-26)29-19(20)25-9-13(8-7-12-5-3-2-4-6-12)15-17(24-28)22-11-23-18(15)25/h2-6,9,11,14,16,19,26-28H,10H2,1H3,(H,22,23,24)/t14-,16-,19-,20-/m1/s1. The van der Waals surface area contributed by atoms with Crippen LogP contribution < -0.4 is 5.48 Å². The van der Waals surface area contributed by atoms with Crippen LogP contribution in [0.5, 0.6) is 0 Å². The van der Waals surface area contributed by atoms with E-state index in [1.807, 2.05) is 35.8 Å². The Hall–Kier alpha value is -3.03. The predicted octanol–water partition coefficient (Wildman–Crippen LogP) is 1.61. The minimum Gasteiger partial charge on any atom is -0.394 e. The zero-order valence-corrected chi connectivity index (χ0v) is 15.5. The van der Waals surface area contributed by atoms with E-state index in [9.17, 15) is 15.4 Å². The number of nitrogens with zero attached hydrogens (tertiary/aromatic N) is 3. The number of aliphatic hydroxyl groups is 2. The fourth-order valence-corrected chi connectivity index (χ4v) is 3.47. The van der Waals surface area contributed by atoms with Crippen molar-refractivity contribution in [2.24, 2.45) is 0 Å². The van der Waals surface area contributed by atoms with E-state index in [-0.39, 0.29) is 11.5 Å². The zero-order valence-electron chi connectivity index (χ0n) is 15.5. The van der Waals surface area contributed by atoms with Crippen molar-refractivity contribution in [1.82, 2.24) is 14.5 Å². The maximum atomic E-state index is 15.3. The molecule has 1 aliphatic rings. The first kappa shape index (κ1) is 19.3. The van der Waals surface area contributed by atoms with E-state index in [4.69, 9.17) is 4.74 Å². The van der Waals surface area contributed by atoms with Crippen LogP contribution in [0.4, 0.5) is 10.2 Å². The molecular weight excluding hydrogens is 379 g/mol. The van der Waals surface area contributed by atoms with Crippen molar-refractivity contribution in [1.29, 1.82) is 0 Å². The SMILES string of the molecule is C[C@@]1(F)[C@H](O)[C@@H](CO)O[C@H]1n1cc(C#Cc2ccccc2)c2c(NO)ncnc21. The fraction of sp³-hybridized carbons (Fsp3) is 0.300. The van der Waals surface area contributed by atoms with Crippen LogP contribution in [0.2, 0.25) is 0 Å². The molecule has 1 aliphatic heterocycles. The second-order valence-corrected chi connectivity index (χ2v) is 6.90. The first-order chi connectivity index (χ1) is 14.0. The molecule has 0 saturated carbocycles. The highest BCUT2D eigenvalue weighted by Gasteiger charge is 2.55. The van der Waals surface area contributed by atoms with E-state index in [2.05, 4.69) is 21.8 Å². The van der Waals surface area contributed by atoms with Crippen molar-refractivity contribution < 1.29 is 24.5 Å². The van der Waals surface area contributed by atoms with Gasteiger partial charge in [-0.25, -0.2) is 14.4 Å². The summed E-state index contributed by atoms with van der Waals surface area (Å²) < 4.78 is 22.3. The molecule has 0 aliphatic carbocycles. The average Bonchev–Trinajstić information content (AvgIpc) is 3.21. The van der Waals surface area contributed by atoms with Crippen molar-refractivity contribution in [2.75, 3.05) is 12.1 Å². The number of hydrogen-bond acceptors (Lipinski definition) is 7. The zero-order chi connectivity index (χ0) is 20.6. The summed E-state index contributed by atoms with van der Waals surface area (Å²) in [6.07, 6.45) is -1.12. The number of fused-ring (bicyclic) bond motifs is 1. The van der Waals surface area contributed by atoms with Gasteiger partial charge < -0.3 is 19.5 Å². The summed E-state index contributed by atoms with van der Waals surface area (Å²) in [5, 5.41) is 29.4. The van der Waals surface area contributed by atoms with Gasteiger partial charge in [0.15, 0.2) is 17.7 Å². The number of halogens is 1. The minimum atomic E-state index is -2.19. The number of nitrogens with one attached hydrogen (secondary N) is 1. The Morgan fingerprint density at radius 3 is 2.69 bits per heavy atom. The lowest BCUT2D eigenvalue weighted by atomic mass is 9.98. The van der Waals surface area contributed by atoms with Gasteiger partial charge in [0.05, 0.1) is 17.6 Å². The van der Waals surface area contributed by atoms with Gasteiger partial charge in [0.2, 0.25) is 0 Å². The Kier molecular flexibility index (Phi) is 4.94. The number of rotatable bonds is 3. The van der Waals surface area contributed by atoms with Crippen molar-refractivity contribution >= 4 is 16.9 Å². The highest BCUT2D eigenvalue weighted by Crippen LogP contribution is 2.43. The third kappa shape index (κ3) is 3.22. The molecule has 3 heterocycles. The van der Waals surface area contributed by atoms with Gasteiger partial charge >= 0.3 is 0 Å². The third-order valence-electron chi connectivity index (χ3n) is 4.98. The van der Waals surface area contributed by atoms with Gasteiger partial charge in [-0.3, -0.25) is 10.7 Å². The normalized spacial score (nSPS) is 26.3. The van der Waals surface area contributed by atoms with Gasteiger partial charge in [-0.05, 0) is 19.1 Å². The van der Waals surface area contributed by atoms with Crippen LogP contribution in [0.1, 0.15) is 24.3 Å². The maximum absolute atomic E-state index is 15.3. The van der Waals surface area contributed by atoms with Gasteiger partial charge in [0.25, 0.3) is 0 Å². The second kappa shape index (κ2) is 7.42. The molecule has 4 N–H and O–H groups in total. The van der Waals surface area contributed by atoms with E-state index in [0.717, 1.165) is 5.56 Å². The van der Waals surface area contributed by atoms with Crippen molar-refractivity contribution in [2.45, 2.75) is 31.0 Å². The Bertz CT molecular complexity index is 1090. The smallest absolute Gasteiger partial charge is 0.181 e. The molecule has 2 aromatic heterocycles. The molecule has 0 bridgehead atoms. The van der Waals surface area contributed by atoms with E-state index < -0.39 is 30.7 Å². The Morgan fingerprint density at radius 1 is 1.28 bits per heavy atom. The Labute approximate surface area is 165 Å². The fourth-order valence-electron chi connectivity index (χ4n) is 3.47. The molecule has 0 spiro atoms. The number of ether oxygens (including phenoxy) is 1. The van der Waals surface area contributed by atoms with Crippen LogP contribution in [-0.2, 0) is 4.74 Å². The van der Waals surface area contributed by atoms with Gasteiger partial charge in [-0.2, -0.15) is 0 Å². The molecule has 1 saturated heterocycles. The predicted molar refractivity (Wildman–Crippen MR) is 102 cm³/mol. The molecule has 8 nitrogen and oxygen atoms in total. The molecule has 4 rings (SSSR count). The van der Waals surface area contributed by atoms with Gasteiger partial charge in [0, 0.05) is 11.8 Å². The molecule has 1 aromatic carbocycles. The van der Waals surface area contributed by atoms with Crippen molar-refractivity contribution in [3.05, 3.63) is 54.0 Å². The number of hydrogen-bond donors (Lipinski definition) is 4. The van der Waals surface area contributed by atoms with Gasteiger partial charge in [0.1, 0.15) is 24.2 Å². The molecule has 150 valence electrons. The van der Waals surface area contributed by atoms with E-state index in [1.54, 1.807) is 0 Å². The summed E-state index contributed by atoms with van der Waals surface area (Å²) in [5.41, 5.74) is 1.27. The van der Waals surface area contributed by atoms with Crippen molar-refractivity contribution in [3.63, 3.8) is 0 Å². The highest BCUT2D eigenvalue weighted by molar-refractivity contribution is 5.93. The summed E-state index contributed by atoms with van der Waals surface area (Å²) in [4.78, 5) is 8.18. The second-order valence-electron chi connectivity index (χ2n) is 6.90. The van der Waals surface area contributed by atoms with Crippen LogP contribution in [0, 0.1) is 11.8 Å². The summed E-state index contributed by atoms with van der Waals surface area (Å²) in [6.45, 7) is 0.668. The van der Waals surface area contributed by atoms with Gasteiger partial charge in [-0.15, -0.1) is 0 Å². The summed E-state index contributed by atoms with van der Waals surface area (Å²) >= 11 is 0. The number of aromatic nitrogens is 3. The van der Waals surface area contributed by atoms with Crippen LogP contribution in [0.25, 0.3) is 11.0 Å². The monoisotopic (exact) mass is 398 g/mol. The Balaban J connectivity index is 1.88. The maximum Gasteiger partial charge on any atom is 0.181 e. The van der Waals surface area contributed by atoms with E-state index >= 15 is 4.39 Å². The summed E-state index contributed by atoms with van der Waals surface area (Å²) in [7, 11) is 0. The van der Waals surface area contributed by atoms with E-state index in [0.29, 0.717) is 10.9 Å². The first-order valence-electron chi connectivity index (χ1n) is 8.93. The average molecular weight is 398 g/mol. The number of benzene rings is 1.